The van der Waals surface area contributed by atoms with Gasteiger partial charge in [-0.2, -0.15) is 13.1 Å². The third kappa shape index (κ3) is 3.34. The van der Waals surface area contributed by atoms with Crippen molar-refractivity contribution in [2.75, 3.05) is 32.8 Å². The van der Waals surface area contributed by atoms with E-state index in [0.29, 0.717) is 11.0 Å². The molecule has 0 bridgehead atoms. The maximum absolute atomic E-state index is 12.9. The highest BCUT2D eigenvalue weighted by atomic mass is 32.2. The lowest BCUT2D eigenvalue weighted by molar-refractivity contribution is -0.160. The second kappa shape index (κ2) is 7.02. The van der Waals surface area contributed by atoms with Gasteiger partial charge in [-0.25, -0.2) is 13.2 Å². The molecule has 1 saturated heterocycles. The zero-order valence-corrected chi connectivity index (χ0v) is 15.0. The Hall–Kier alpha value is -2.11. The quantitative estimate of drug-likeness (QED) is 0.545. The molecular formula is C14H16N4O5S2. The molecule has 11 heteroatoms. The van der Waals surface area contributed by atoms with Gasteiger partial charge in [0.1, 0.15) is 15.9 Å². The number of aromatic nitrogens is 2. The van der Waals surface area contributed by atoms with Gasteiger partial charge in [0.2, 0.25) is 10.0 Å². The van der Waals surface area contributed by atoms with E-state index >= 15 is 0 Å². The molecule has 2 heterocycles. The van der Waals surface area contributed by atoms with Crippen LogP contribution in [0.3, 0.4) is 0 Å². The second-order valence-electron chi connectivity index (χ2n) is 5.30. The lowest BCUT2D eigenvalue weighted by Crippen LogP contribution is -2.52. The van der Waals surface area contributed by atoms with Crippen LogP contribution in [-0.2, 0) is 24.3 Å². The normalized spacial score (nSPS) is 16.1. The van der Waals surface area contributed by atoms with Crippen molar-refractivity contribution in [2.24, 2.45) is 0 Å². The maximum Gasteiger partial charge on any atom is 0.397 e. The predicted molar refractivity (Wildman–Crippen MR) is 89.4 cm³/mol. The Morgan fingerprint density at radius 1 is 1.20 bits per heavy atom. The van der Waals surface area contributed by atoms with Gasteiger partial charge in [-0.05, 0) is 19.1 Å². The molecule has 1 aliphatic heterocycles. The van der Waals surface area contributed by atoms with Crippen LogP contribution in [0.4, 0.5) is 0 Å². The molecule has 25 heavy (non-hydrogen) atoms. The minimum atomic E-state index is -3.75. The molecule has 1 fully saturated rings. The molecule has 0 atom stereocenters. The van der Waals surface area contributed by atoms with E-state index in [4.69, 9.17) is 0 Å². The van der Waals surface area contributed by atoms with Crippen molar-refractivity contribution in [1.29, 1.82) is 0 Å². The van der Waals surface area contributed by atoms with Crippen LogP contribution >= 0.6 is 11.7 Å². The van der Waals surface area contributed by atoms with Gasteiger partial charge in [-0.1, -0.05) is 6.07 Å². The highest BCUT2D eigenvalue weighted by Gasteiger charge is 2.33. The molecule has 0 radical (unpaired) electrons. The molecule has 0 unspecified atom stereocenters. The first-order chi connectivity index (χ1) is 11.9. The van der Waals surface area contributed by atoms with E-state index in [9.17, 15) is 18.0 Å². The Labute approximate surface area is 148 Å². The summed E-state index contributed by atoms with van der Waals surface area (Å²) >= 11 is 0.955. The van der Waals surface area contributed by atoms with Crippen LogP contribution in [0.2, 0.25) is 0 Å². The van der Waals surface area contributed by atoms with Crippen LogP contribution in [0.5, 0.6) is 0 Å². The molecule has 0 aliphatic carbocycles. The first kappa shape index (κ1) is 17.7. The second-order valence-corrected chi connectivity index (χ2v) is 7.74. The van der Waals surface area contributed by atoms with E-state index in [1.165, 1.54) is 15.3 Å². The summed E-state index contributed by atoms with van der Waals surface area (Å²) in [6.07, 6.45) is 0. The third-order valence-electron chi connectivity index (χ3n) is 3.84. The molecule has 1 amide bonds. The maximum atomic E-state index is 12.9. The van der Waals surface area contributed by atoms with Gasteiger partial charge in [0.25, 0.3) is 0 Å². The Balaban J connectivity index is 1.75. The molecule has 1 aromatic heterocycles. The fourth-order valence-corrected chi connectivity index (χ4v) is 4.76. The summed E-state index contributed by atoms with van der Waals surface area (Å²) in [7, 11) is -3.75. The Bertz CT molecular complexity index is 903. The number of hydrogen-bond acceptors (Lipinski definition) is 8. The van der Waals surface area contributed by atoms with Gasteiger partial charge < -0.3 is 9.64 Å². The van der Waals surface area contributed by atoms with Crippen molar-refractivity contribution < 1.29 is 22.7 Å². The number of amides is 1. The molecule has 0 saturated carbocycles. The summed E-state index contributed by atoms with van der Waals surface area (Å²) < 4.78 is 39.8. The SMILES string of the molecule is CCOC(=O)C(=O)N1CCN(S(=O)(=O)c2cccc3nsnc23)CC1. The Morgan fingerprint density at radius 2 is 1.92 bits per heavy atom. The summed E-state index contributed by atoms with van der Waals surface area (Å²) in [5.74, 6) is -1.66. The van der Waals surface area contributed by atoms with E-state index in [1.54, 1.807) is 19.1 Å². The number of nitrogens with zero attached hydrogens (tertiary/aromatic N) is 4. The van der Waals surface area contributed by atoms with E-state index in [-0.39, 0.29) is 37.7 Å². The van der Waals surface area contributed by atoms with Gasteiger partial charge in [0.05, 0.1) is 18.3 Å². The molecule has 9 nitrogen and oxygen atoms in total. The summed E-state index contributed by atoms with van der Waals surface area (Å²) in [4.78, 5) is 24.8. The van der Waals surface area contributed by atoms with Crippen molar-refractivity contribution >= 4 is 44.7 Å². The van der Waals surface area contributed by atoms with Crippen LogP contribution in [0, 0.1) is 0 Å². The summed E-state index contributed by atoms with van der Waals surface area (Å²) in [6, 6.07) is 4.82. The zero-order valence-electron chi connectivity index (χ0n) is 13.4. The lowest BCUT2D eigenvalue weighted by atomic mass is 10.3. The Kier molecular flexibility index (Phi) is 4.97. The minimum Gasteiger partial charge on any atom is -0.459 e. The van der Waals surface area contributed by atoms with Crippen LogP contribution in [0.1, 0.15) is 6.92 Å². The van der Waals surface area contributed by atoms with Crippen LogP contribution in [-0.4, -0.2) is 71.0 Å². The number of piperazine rings is 1. The highest BCUT2D eigenvalue weighted by Crippen LogP contribution is 2.25. The smallest absolute Gasteiger partial charge is 0.397 e. The number of carbonyl (C=O) groups is 2. The van der Waals surface area contributed by atoms with Gasteiger partial charge >= 0.3 is 11.9 Å². The topological polar surface area (TPSA) is 110 Å². The average Bonchev–Trinajstić information content (AvgIpc) is 3.10. The number of esters is 1. The number of benzene rings is 1. The monoisotopic (exact) mass is 384 g/mol. The highest BCUT2D eigenvalue weighted by molar-refractivity contribution is 7.89. The van der Waals surface area contributed by atoms with Crippen molar-refractivity contribution in [3.8, 4) is 0 Å². The number of carbonyl (C=O) groups excluding carboxylic acids is 2. The van der Waals surface area contributed by atoms with Crippen molar-refractivity contribution in [1.82, 2.24) is 18.0 Å². The van der Waals surface area contributed by atoms with Gasteiger partial charge in [-0.3, -0.25) is 4.79 Å². The molecule has 3 rings (SSSR count). The summed E-state index contributed by atoms with van der Waals surface area (Å²) in [5.41, 5.74) is 0.875. The van der Waals surface area contributed by atoms with Gasteiger partial charge in [0.15, 0.2) is 0 Å². The minimum absolute atomic E-state index is 0.0986. The van der Waals surface area contributed by atoms with E-state index < -0.39 is 21.9 Å². The summed E-state index contributed by atoms with van der Waals surface area (Å²) in [5, 5.41) is 0. The van der Waals surface area contributed by atoms with Crippen molar-refractivity contribution in [3.63, 3.8) is 0 Å². The van der Waals surface area contributed by atoms with E-state index in [1.807, 2.05) is 0 Å². The first-order valence-corrected chi connectivity index (χ1v) is 9.79. The van der Waals surface area contributed by atoms with Gasteiger partial charge in [0, 0.05) is 26.2 Å². The summed E-state index contributed by atoms with van der Waals surface area (Å²) in [6.45, 7) is 2.18. The Morgan fingerprint density at radius 3 is 2.60 bits per heavy atom. The van der Waals surface area contributed by atoms with Crippen molar-refractivity contribution in [3.05, 3.63) is 18.2 Å². The van der Waals surface area contributed by atoms with Crippen LogP contribution < -0.4 is 0 Å². The number of sulfonamides is 1. The number of rotatable bonds is 3. The molecule has 0 spiro atoms. The molecular weight excluding hydrogens is 368 g/mol. The number of fused-ring (bicyclic) bond motifs is 1. The first-order valence-electron chi connectivity index (χ1n) is 7.62. The largest absolute Gasteiger partial charge is 0.459 e. The molecule has 2 aromatic rings. The van der Waals surface area contributed by atoms with E-state index in [2.05, 4.69) is 13.5 Å². The standard InChI is InChI=1S/C14H16N4O5S2/c1-2-23-14(20)13(19)17-6-8-18(9-7-17)25(21,22)11-5-3-4-10-12(11)16-24-15-10/h3-5H,2,6-9H2,1H3. The van der Waals surface area contributed by atoms with Crippen LogP contribution in [0.15, 0.2) is 23.1 Å². The van der Waals surface area contributed by atoms with Crippen LogP contribution in [0.25, 0.3) is 11.0 Å². The predicted octanol–water partition coefficient (Wildman–Crippen LogP) is 0.0873. The lowest BCUT2D eigenvalue weighted by Gasteiger charge is -2.33. The molecule has 1 aliphatic rings. The third-order valence-corrected chi connectivity index (χ3v) is 6.32. The zero-order chi connectivity index (χ0) is 18.0. The van der Waals surface area contributed by atoms with Gasteiger partial charge in [-0.15, -0.1) is 0 Å². The molecule has 134 valence electrons. The number of ether oxygens (including phenoxy) is 1. The van der Waals surface area contributed by atoms with Crippen molar-refractivity contribution in [2.45, 2.75) is 11.8 Å². The fraction of sp³-hybridized carbons (Fsp3) is 0.429. The molecule has 0 N–H and O–H groups in total. The van der Waals surface area contributed by atoms with E-state index in [0.717, 1.165) is 11.7 Å². The number of hydrogen-bond donors (Lipinski definition) is 0. The fourth-order valence-electron chi connectivity index (χ4n) is 2.58. The average molecular weight is 384 g/mol. The molecule has 1 aromatic carbocycles.